The van der Waals surface area contributed by atoms with Crippen molar-refractivity contribution in [2.75, 3.05) is 36.9 Å². The van der Waals surface area contributed by atoms with Gasteiger partial charge < -0.3 is 20.7 Å². The standard InChI is InChI=1S/C19H26BrN5O/c1-4-26-13-5-6-15(20)14(9-13)17-11-25(8-7-22-17)18-10-16(12(2)3)23-19(21)24-18/h5-6,9-10,12,17,22H,4,7-8,11H2,1-3H3,(H2,21,23,24). The molecule has 0 radical (unpaired) electrons. The lowest BCUT2D eigenvalue weighted by Crippen LogP contribution is -2.46. The van der Waals surface area contributed by atoms with Crippen molar-refractivity contribution in [3.05, 3.63) is 40.0 Å². The zero-order valence-corrected chi connectivity index (χ0v) is 17.1. The average Bonchev–Trinajstić information content (AvgIpc) is 2.63. The van der Waals surface area contributed by atoms with Gasteiger partial charge in [-0.2, -0.15) is 4.98 Å². The summed E-state index contributed by atoms with van der Waals surface area (Å²) >= 11 is 3.68. The van der Waals surface area contributed by atoms with Gasteiger partial charge >= 0.3 is 0 Å². The Bertz CT molecular complexity index is 768. The van der Waals surface area contributed by atoms with E-state index in [1.807, 2.05) is 19.1 Å². The van der Waals surface area contributed by atoms with E-state index in [4.69, 9.17) is 10.5 Å². The van der Waals surface area contributed by atoms with Gasteiger partial charge in [-0.1, -0.05) is 29.8 Å². The van der Waals surface area contributed by atoms with E-state index >= 15 is 0 Å². The highest BCUT2D eigenvalue weighted by Crippen LogP contribution is 2.31. The Kier molecular flexibility index (Phi) is 5.98. The lowest BCUT2D eigenvalue weighted by atomic mass is 10.0. The van der Waals surface area contributed by atoms with Crippen molar-refractivity contribution in [2.24, 2.45) is 0 Å². The minimum atomic E-state index is 0.178. The summed E-state index contributed by atoms with van der Waals surface area (Å²) in [6, 6.07) is 8.35. The summed E-state index contributed by atoms with van der Waals surface area (Å²) in [7, 11) is 0. The van der Waals surface area contributed by atoms with Crippen LogP contribution < -0.4 is 20.7 Å². The van der Waals surface area contributed by atoms with E-state index in [2.05, 4.69) is 62.1 Å². The molecule has 1 aliphatic heterocycles. The summed E-state index contributed by atoms with van der Waals surface area (Å²) in [4.78, 5) is 11.1. The first kappa shape index (κ1) is 18.9. The second kappa shape index (κ2) is 8.22. The summed E-state index contributed by atoms with van der Waals surface area (Å²) in [5.74, 6) is 2.43. The van der Waals surface area contributed by atoms with Gasteiger partial charge in [0.2, 0.25) is 5.95 Å². The van der Waals surface area contributed by atoms with Gasteiger partial charge in [-0.15, -0.1) is 0 Å². The van der Waals surface area contributed by atoms with Crippen LogP contribution in [0.15, 0.2) is 28.7 Å². The van der Waals surface area contributed by atoms with Crippen molar-refractivity contribution in [1.82, 2.24) is 15.3 Å². The molecule has 3 N–H and O–H groups in total. The number of piperazine rings is 1. The second-order valence-corrected chi connectivity index (χ2v) is 7.59. The van der Waals surface area contributed by atoms with Crippen molar-refractivity contribution < 1.29 is 4.74 Å². The van der Waals surface area contributed by atoms with Gasteiger partial charge in [0.05, 0.1) is 18.3 Å². The molecule has 26 heavy (non-hydrogen) atoms. The van der Waals surface area contributed by atoms with Crippen molar-refractivity contribution in [1.29, 1.82) is 0 Å². The Morgan fingerprint density at radius 1 is 1.35 bits per heavy atom. The SMILES string of the molecule is CCOc1ccc(Br)c(C2CN(c3cc(C(C)C)nc(N)n3)CCN2)c1. The van der Waals surface area contributed by atoms with Crippen LogP contribution in [0.1, 0.15) is 44.0 Å². The van der Waals surface area contributed by atoms with Gasteiger partial charge in [0.25, 0.3) is 0 Å². The van der Waals surface area contributed by atoms with Crippen LogP contribution in [0.5, 0.6) is 5.75 Å². The Hall–Kier alpha value is -1.86. The van der Waals surface area contributed by atoms with Gasteiger partial charge in [0, 0.05) is 30.2 Å². The number of hydrogen-bond donors (Lipinski definition) is 2. The number of rotatable bonds is 5. The molecule has 1 fully saturated rings. The number of halogens is 1. The average molecular weight is 420 g/mol. The normalized spacial score (nSPS) is 17.6. The maximum absolute atomic E-state index is 5.94. The fourth-order valence-electron chi connectivity index (χ4n) is 3.14. The van der Waals surface area contributed by atoms with Gasteiger partial charge in [-0.3, -0.25) is 0 Å². The quantitative estimate of drug-likeness (QED) is 0.771. The number of benzene rings is 1. The topological polar surface area (TPSA) is 76.3 Å². The summed E-state index contributed by atoms with van der Waals surface area (Å²) in [6.45, 7) is 9.44. The van der Waals surface area contributed by atoms with E-state index in [-0.39, 0.29) is 6.04 Å². The number of aromatic nitrogens is 2. The van der Waals surface area contributed by atoms with Gasteiger partial charge in [0.15, 0.2) is 0 Å². The van der Waals surface area contributed by atoms with Gasteiger partial charge in [-0.25, -0.2) is 4.98 Å². The third kappa shape index (κ3) is 4.27. The summed E-state index contributed by atoms with van der Waals surface area (Å²) in [5.41, 5.74) is 8.10. The minimum absolute atomic E-state index is 0.178. The molecule has 2 heterocycles. The maximum Gasteiger partial charge on any atom is 0.222 e. The van der Waals surface area contributed by atoms with E-state index < -0.39 is 0 Å². The molecule has 0 aliphatic carbocycles. The molecule has 0 spiro atoms. The molecule has 1 unspecified atom stereocenters. The molecule has 7 heteroatoms. The molecular weight excluding hydrogens is 394 g/mol. The molecule has 1 aromatic heterocycles. The fourth-order valence-corrected chi connectivity index (χ4v) is 3.66. The van der Waals surface area contributed by atoms with E-state index in [0.29, 0.717) is 18.5 Å². The number of nitrogen functional groups attached to an aromatic ring is 1. The smallest absolute Gasteiger partial charge is 0.222 e. The Morgan fingerprint density at radius 3 is 2.88 bits per heavy atom. The number of nitrogens with one attached hydrogen (secondary N) is 1. The molecule has 1 aliphatic rings. The first-order valence-electron chi connectivity index (χ1n) is 9.03. The number of ether oxygens (including phenoxy) is 1. The van der Waals surface area contributed by atoms with E-state index in [9.17, 15) is 0 Å². The Labute approximate surface area is 163 Å². The van der Waals surface area contributed by atoms with E-state index in [1.54, 1.807) is 0 Å². The largest absolute Gasteiger partial charge is 0.494 e. The Balaban J connectivity index is 1.85. The highest BCUT2D eigenvalue weighted by Gasteiger charge is 2.24. The van der Waals surface area contributed by atoms with Crippen molar-refractivity contribution in [2.45, 2.75) is 32.7 Å². The first-order valence-corrected chi connectivity index (χ1v) is 9.82. The lowest BCUT2D eigenvalue weighted by molar-refractivity contribution is 0.339. The van der Waals surface area contributed by atoms with Crippen molar-refractivity contribution >= 4 is 27.7 Å². The van der Waals surface area contributed by atoms with Crippen LogP contribution in [0.25, 0.3) is 0 Å². The van der Waals surface area contributed by atoms with Crippen LogP contribution in [0.2, 0.25) is 0 Å². The fraction of sp³-hybridized carbons (Fsp3) is 0.474. The third-order valence-electron chi connectivity index (χ3n) is 4.49. The lowest BCUT2D eigenvalue weighted by Gasteiger charge is -2.35. The maximum atomic E-state index is 5.94. The van der Waals surface area contributed by atoms with Gasteiger partial charge in [-0.05, 0) is 36.6 Å². The molecule has 6 nitrogen and oxygen atoms in total. The van der Waals surface area contributed by atoms with Crippen LogP contribution >= 0.6 is 15.9 Å². The molecule has 1 atom stereocenters. The summed E-state index contributed by atoms with van der Waals surface area (Å²) < 4.78 is 6.74. The minimum Gasteiger partial charge on any atom is -0.494 e. The van der Waals surface area contributed by atoms with E-state index in [0.717, 1.165) is 41.4 Å². The molecular formula is C19H26BrN5O. The van der Waals surface area contributed by atoms with Crippen LogP contribution in [0.4, 0.5) is 11.8 Å². The van der Waals surface area contributed by atoms with Crippen LogP contribution in [0, 0.1) is 0 Å². The summed E-state index contributed by atoms with van der Waals surface area (Å²) in [5, 5.41) is 3.60. The van der Waals surface area contributed by atoms with E-state index in [1.165, 1.54) is 5.56 Å². The highest BCUT2D eigenvalue weighted by atomic mass is 79.9. The second-order valence-electron chi connectivity index (χ2n) is 6.73. The van der Waals surface area contributed by atoms with Crippen molar-refractivity contribution in [3.8, 4) is 5.75 Å². The molecule has 0 saturated carbocycles. The third-order valence-corrected chi connectivity index (χ3v) is 5.22. The zero-order chi connectivity index (χ0) is 18.7. The molecule has 1 aromatic carbocycles. The zero-order valence-electron chi connectivity index (χ0n) is 15.5. The summed E-state index contributed by atoms with van der Waals surface area (Å²) in [6.07, 6.45) is 0. The number of nitrogens with two attached hydrogens (primary N) is 1. The molecule has 0 amide bonds. The van der Waals surface area contributed by atoms with Gasteiger partial charge in [0.1, 0.15) is 11.6 Å². The van der Waals surface area contributed by atoms with Crippen LogP contribution in [-0.2, 0) is 0 Å². The van der Waals surface area contributed by atoms with Crippen LogP contribution in [0.3, 0.4) is 0 Å². The predicted octanol–water partition coefficient (Wildman–Crippen LogP) is 3.49. The molecule has 2 aromatic rings. The number of hydrogen-bond acceptors (Lipinski definition) is 6. The highest BCUT2D eigenvalue weighted by molar-refractivity contribution is 9.10. The molecule has 140 valence electrons. The molecule has 3 rings (SSSR count). The Morgan fingerprint density at radius 2 is 2.15 bits per heavy atom. The monoisotopic (exact) mass is 419 g/mol. The predicted molar refractivity (Wildman–Crippen MR) is 109 cm³/mol. The number of anilines is 2. The molecule has 1 saturated heterocycles. The van der Waals surface area contributed by atoms with Crippen molar-refractivity contribution in [3.63, 3.8) is 0 Å². The molecule has 0 bridgehead atoms. The van der Waals surface area contributed by atoms with Crippen LogP contribution in [-0.4, -0.2) is 36.2 Å². The number of nitrogens with zero attached hydrogens (tertiary/aromatic N) is 3. The first-order chi connectivity index (χ1) is 12.5.